The molecule has 0 unspecified atom stereocenters. The van der Waals surface area contributed by atoms with Crippen LogP contribution in [0.1, 0.15) is 0 Å². The van der Waals surface area contributed by atoms with Crippen LogP contribution in [0, 0.1) is 0 Å². The Labute approximate surface area is 40.9 Å². The molecule has 7 heteroatoms. The van der Waals surface area contributed by atoms with Gasteiger partial charge >= 0.3 is 40.3 Å². The molecule has 0 radical (unpaired) electrons. The molecule has 0 aliphatic rings. The van der Waals surface area contributed by atoms with Crippen LogP contribution in [0.3, 0.4) is 0 Å². The molecule has 7 heavy (non-hydrogen) atoms. The normalized spacial score (nSPS) is 23.1. The molecule has 54 valence electrons. The van der Waals surface area contributed by atoms with E-state index < -0.39 is 15.1 Å². The molecule has 0 saturated heterocycles. The average Bonchev–Trinajstić information content (AvgIpc) is 0.592. The van der Waals surface area contributed by atoms with Crippen molar-refractivity contribution in [1.82, 2.24) is 0 Å². The van der Waals surface area contributed by atoms with Gasteiger partial charge in [-0.3, -0.25) is 0 Å². The molecule has 0 fully saturated rings. The molecule has 0 aliphatic heterocycles. The fourth-order valence-electron chi connectivity index (χ4n) is 0. The molecular weight excluding hydrogens is 326 g/mol. The van der Waals surface area contributed by atoms with Gasteiger partial charge in [0, 0.05) is 0 Å². The molecule has 0 aromatic heterocycles. The predicted molar refractivity (Wildman–Crippen MR) is 11.4 cm³/mol. The van der Waals surface area contributed by atoms with E-state index in [1.54, 1.807) is 0 Å². The van der Waals surface area contributed by atoms with Crippen molar-refractivity contribution >= 4 is 9.42 Å². The van der Waals surface area contributed by atoms with E-state index in [-0.39, 0.29) is 0 Å². The van der Waals surface area contributed by atoms with Crippen LogP contribution in [0.4, 0.5) is 15.8 Å². The third-order valence-corrected chi connectivity index (χ3v) is 0. The Morgan fingerprint density at radius 3 is 0.857 bits per heavy atom. The first-order valence-corrected chi connectivity index (χ1v) is 7.83. The molecule has 0 aromatic rings. The van der Waals surface area contributed by atoms with Gasteiger partial charge in [-0.1, -0.05) is 0 Å². The summed E-state index contributed by atoms with van der Waals surface area (Å²) in [4.78, 5) is 0. The van der Waals surface area contributed by atoms with Crippen LogP contribution < -0.4 is 0 Å². The molecule has 0 aromatic carbocycles. The zero-order chi connectivity index (χ0) is 6.41. The van der Waals surface area contributed by atoms with Gasteiger partial charge in [-0.2, -0.15) is 0 Å². The van der Waals surface area contributed by atoms with E-state index in [4.69, 9.17) is 0 Å². The Balaban J connectivity index is 4.43. The first kappa shape index (κ1) is 7.63. The van der Waals surface area contributed by atoms with Crippen molar-refractivity contribution in [3.63, 3.8) is 0 Å². The third kappa shape index (κ3) is 360. The molecule has 0 nitrogen and oxygen atoms in total. The zero-order valence-corrected chi connectivity index (χ0v) is 5.61. The Kier molecular flexibility index (Phi) is 0.937. The van der Waals surface area contributed by atoms with Gasteiger partial charge in [0.25, 0.3) is 0 Å². The Bertz CT molecular complexity index is 66.6. The summed E-state index contributed by atoms with van der Waals surface area (Å²) >= 11 is -10.1. The van der Waals surface area contributed by atoms with Crippen LogP contribution in [0.5, 0.6) is 0 Å². The SMILES string of the molecule is [F][Pt-2]([F])([F])([F])([F])[Cl]. The summed E-state index contributed by atoms with van der Waals surface area (Å²) in [6.07, 6.45) is 0. The maximum absolute atomic E-state index is 10.3. The van der Waals surface area contributed by atoms with Gasteiger partial charge < -0.3 is 0 Å². The van der Waals surface area contributed by atoms with E-state index in [9.17, 15) is 15.8 Å². The van der Waals surface area contributed by atoms with E-state index in [0.717, 1.165) is 0 Å². The van der Waals surface area contributed by atoms with E-state index in [1.165, 1.54) is 0 Å². The first-order valence-electron chi connectivity index (χ1n) is 0.717. The van der Waals surface area contributed by atoms with Crippen LogP contribution in [0.15, 0.2) is 0 Å². The topological polar surface area (TPSA) is 0 Å². The molecule has 0 spiro atoms. The van der Waals surface area contributed by atoms with Gasteiger partial charge in [0.2, 0.25) is 0 Å². The monoisotopic (exact) mass is 325 g/mol. The van der Waals surface area contributed by atoms with Crippen molar-refractivity contribution in [2.75, 3.05) is 0 Å². The predicted octanol–water partition coefficient (Wildman–Crippen LogP) is 2.79. The van der Waals surface area contributed by atoms with E-state index in [2.05, 4.69) is 9.42 Å². The molecule has 0 bridgehead atoms. The van der Waals surface area contributed by atoms with Crippen LogP contribution in [0.25, 0.3) is 0 Å². The van der Waals surface area contributed by atoms with Crippen LogP contribution >= 0.6 is 9.42 Å². The van der Waals surface area contributed by atoms with Crippen molar-refractivity contribution in [3.05, 3.63) is 0 Å². The molecular formula is ClF5Pt-2. The fraction of sp³-hybridized carbons (Fsp3) is 0. The summed E-state index contributed by atoms with van der Waals surface area (Å²) in [5.74, 6) is 0. The first-order chi connectivity index (χ1) is 2.45. The summed E-state index contributed by atoms with van der Waals surface area (Å²) in [5, 5.41) is 0. The molecule has 0 amide bonds. The van der Waals surface area contributed by atoms with Crippen LogP contribution in [0.2, 0.25) is 0 Å². The van der Waals surface area contributed by atoms with E-state index in [1.807, 2.05) is 0 Å². The van der Waals surface area contributed by atoms with Gasteiger partial charge in [-0.15, -0.1) is 0 Å². The molecule has 0 rings (SSSR count). The van der Waals surface area contributed by atoms with Crippen LogP contribution in [-0.4, -0.2) is 0 Å². The number of hydrogen-bond donors (Lipinski definition) is 0. The third-order valence-electron chi connectivity index (χ3n) is 0. The summed E-state index contributed by atoms with van der Waals surface area (Å²) in [5.41, 5.74) is 0. The van der Waals surface area contributed by atoms with Gasteiger partial charge in [0.1, 0.15) is 0 Å². The van der Waals surface area contributed by atoms with Gasteiger partial charge in [-0.05, 0) is 0 Å². The molecule has 0 N–H and O–H groups in total. The van der Waals surface area contributed by atoms with Crippen molar-refractivity contribution in [3.8, 4) is 0 Å². The molecule has 0 heterocycles. The fourth-order valence-corrected chi connectivity index (χ4v) is 0. The zero-order valence-electron chi connectivity index (χ0n) is 2.58. The minimum atomic E-state index is -10.1. The van der Waals surface area contributed by atoms with E-state index in [0.29, 0.717) is 0 Å². The van der Waals surface area contributed by atoms with E-state index >= 15 is 0 Å². The summed E-state index contributed by atoms with van der Waals surface area (Å²) in [7, 11) is 2.89. The van der Waals surface area contributed by atoms with Crippen molar-refractivity contribution in [2.45, 2.75) is 0 Å². The Morgan fingerprint density at radius 1 is 0.857 bits per heavy atom. The van der Waals surface area contributed by atoms with Gasteiger partial charge in [0.05, 0.1) is 0 Å². The molecule has 0 aliphatic carbocycles. The summed E-state index contributed by atoms with van der Waals surface area (Å²) < 4.78 is 51.7. The number of halogens is 6. The average molecular weight is 326 g/mol. The van der Waals surface area contributed by atoms with Crippen molar-refractivity contribution in [2.24, 2.45) is 0 Å². The van der Waals surface area contributed by atoms with Gasteiger partial charge in [0.15, 0.2) is 0 Å². The number of hydrogen-bond acceptors (Lipinski definition) is 0. The Morgan fingerprint density at radius 2 is 0.857 bits per heavy atom. The standard InChI is InChI=1S/ClH.5FH.Pt/h6*1H;/q;;;;;;+4/p-6. The van der Waals surface area contributed by atoms with Gasteiger partial charge in [-0.25, -0.2) is 0 Å². The second-order valence-corrected chi connectivity index (χ2v) is 9.24. The van der Waals surface area contributed by atoms with Crippen molar-refractivity contribution in [1.29, 1.82) is 0 Å². The molecule has 0 atom stereocenters. The second-order valence-electron chi connectivity index (χ2n) is 0.678. The minimum absolute atomic E-state index is 2.89. The van der Waals surface area contributed by atoms with Crippen LogP contribution in [-0.2, 0) is 15.1 Å². The quantitative estimate of drug-likeness (QED) is 0.601. The molecule has 0 saturated carbocycles. The number of rotatable bonds is 0. The summed E-state index contributed by atoms with van der Waals surface area (Å²) in [6, 6.07) is 0. The summed E-state index contributed by atoms with van der Waals surface area (Å²) in [6.45, 7) is 0. The van der Waals surface area contributed by atoms with Crippen molar-refractivity contribution < 1.29 is 30.9 Å². The Hall–Kier alpha value is 0.628. The maximum atomic E-state index is 10.3. The second kappa shape index (κ2) is 0.860.